The molecule has 10 heteroatoms. The van der Waals surface area contributed by atoms with Crippen LogP contribution in [0.4, 0.5) is 11.6 Å². The fraction of sp³-hybridized carbons (Fsp3) is 0.568. The van der Waals surface area contributed by atoms with E-state index in [1.165, 1.54) is 11.6 Å². The van der Waals surface area contributed by atoms with Gasteiger partial charge in [-0.25, -0.2) is 14.7 Å². The molecule has 1 fully saturated rings. The maximum atomic E-state index is 13.7. The van der Waals surface area contributed by atoms with E-state index in [9.17, 15) is 13.2 Å². The molecule has 0 saturated carbocycles. The average molecular weight is 661 g/mol. The molecule has 0 aromatic carbocycles. The van der Waals surface area contributed by atoms with Gasteiger partial charge in [0.25, 0.3) is 15.9 Å². The number of fused-ring (bicyclic) bond motifs is 6. The molecule has 3 atom stereocenters. The van der Waals surface area contributed by atoms with E-state index in [1.807, 2.05) is 12.3 Å². The summed E-state index contributed by atoms with van der Waals surface area (Å²) in [6.45, 7) is 20.4. The summed E-state index contributed by atoms with van der Waals surface area (Å²) in [5.74, 6) is 0.880. The highest BCUT2D eigenvalue weighted by Gasteiger charge is 2.43. The van der Waals surface area contributed by atoms with Crippen LogP contribution >= 0.6 is 0 Å². The molecular weight excluding hydrogens is 609 g/mol. The summed E-state index contributed by atoms with van der Waals surface area (Å²) in [4.78, 5) is 30.3. The Balaban J connectivity index is 1.52. The Labute approximate surface area is 281 Å². The third-order valence-electron chi connectivity index (χ3n) is 9.60. The number of nitrogens with one attached hydrogen (secondary N) is 2. The number of sulfonamides is 1. The number of carbonyl (C=O) groups is 1. The normalized spacial score (nSPS) is 22.8. The Morgan fingerprint density at radius 3 is 2.40 bits per heavy atom. The van der Waals surface area contributed by atoms with E-state index in [4.69, 9.17) is 9.97 Å². The van der Waals surface area contributed by atoms with Crippen molar-refractivity contribution in [1.82, 2.24) is 19.7 Å². The molecule has 3 aromatic rings. The van der Waals surface area contributed by atoms with Gasteiger partial charge >= 0.3 is 0 Å². The fourth-order valence-electron chi connectivity index (χ4n) is 6.71. The van der Waals surface area contributed by atoms with Crippen LogP contribution in [0.1, 0.15) is 109 Å². The minimum Gasteiger partial charge on any atom is -0.367 e. The Morgan fingerprint density at radius 1 is 1.00 bits per heavy atom. The molecule has 1 unspecified atom stereocenters. The van der Waals surface area contributed by atoms with Crippen molar-refractivity contribution in [1.29, 1.82) is 0 Å². The van der Waals surface area contributed by atoms with Crippen LogP contribution < -0.4 is 14.9 Å². The highest BCUT2D eigenvalue weighted by atomic mass is 32.2. The van der Waals surface area contributed by atoms with E-state index < -0.39 is 15.9 Å². The monoisotopic (exact) mass is 660 g/mol. The Bertz CT molecular complexity index is 1710. The molecule has 1 amide bonds. The van der Waals surface area contributed by atoms with Gasteiger partial charge in [0, 0.05) is 47.5 Å². The minimum absolute atomic E-state index is 0.0434. The van der Waals surface area contributed by atoms with Crippen molar-refractivity contribution >= 4 is 27.6 Å². The number of hydrogen-bond acceptors (Lipinski definition) is 8. The first-order valence-corrected chi connectivity index (χ1v) is 18.3. The van der Waals surface area contributed by atoms with Crippen molar-refractivity contribution in [3.63, 3.8) is 0 Å². The zero-order chi connectivity index (χ0) is 34.4. The van der Waals surface area contributed by atoms with Gasteiger partial charge in [0.1, 0.15) is 11.6 Å². The van der Waals surface area contributed by atoms with Crippen molar-refractivity contribution in [3.05, 3.63) is 71.2 Å². The predicted molar refractivity (Wildman–Crippen MR) is 188 cm³/mol. The molecule has 5 rings (SSSR count). The van der Waals surface area contributed by atoms with Gasteiger partial charge in [-0.05, 0) is 92.7 Å². The van der Waals surface area contributed by atoms with E-state index in [1.54, 1.807) is 18.2 Å². The van der Waals surface area contributed by atoms with Gasteiger partial charge in [-0.1, -0.05) is 60.6 Å². The number of amides is 1. The summed E-state index contributed by atoms with van der Waals surface area (Å²) in [5, 5.41) is 3.32. The van der Waals surface area contributed by atoms with E-state index in [-0.39, 0.29) is 33.0 Å². The van der Waals surface area contributed by atoms with Crippen molar-refractivity contribution in [2.75, 3.05) is 16.8 Å². The van der Waals surface area contributed by atoms with Gasteiger partial charge in [-0.2, -0.15) is 8.42 Å². The molecule has 9 nitrogen and oxygen atoms in total. The zero-order valence-corrected chi connectivity index (χ0v) is 30.3. The van der Waals surface area contributed by atoms with Crippen molar-refractivity contribution in [2.45, 2.75) is 116 Å². The van der Waals surface area contributed by atoms with Crippen LogP contribution in [0.5, 0.6) is 0 Å². The summed E-state index contributed by atoms with van der Waals surface area (Å²) in [6, 6.07) is 12.6. The highest BCUT2D eigenvalue weighted by molar-refractivity contribution is 7.90. The second-order valence-corrected chi connectivity index (χ2v) is 18.1. The van der Waals surface area contributed by atoms with E-state index in [0.717, 1.165) is 37.1 Å². The predicted octanol–water partition coefficient (Wildman–Crippen LogP) is 6.93. The zero-order valence-electron chi connectivity index (χ0n) is 29.5. The molecule has 254 valence electrons. The third-order valence-corrected chi connectivity index (χ3v) is 10.8. The van der Waals surface area contributed by atoms with Crippen LogP contribution in [0.2, 0.25) is 0 Å². The minimum atomic E-state index is -4.27. The standard InChI is InChI=1S/C37H52N6O3S/c1-24-19-28(20-27-14-13-25(22-38-27)17-18-35(2,3)4)39-31-11-10-12-32(41-31)47(45,46)42-34(44)29-15-16-30(36(5,6)7)40-33(29)43-23-26(24)21-37(43,8)9/h10-16,22,24,26,28H,17-21,23H2,1-9H3,(H,39,41)(H,42,44)/t24-,26-,28?/m0/s1. The number of anilines is 2. The molecule has 0 radical (unpaired) electrons. The third kappa shape index (κ3) is 8.31. The summed E-state index contributed by atoms with van der Waals surface area (Å²) in [7, 11) is -4.27. The molecule has 2 aliphatic rings. The molecule has 1 saturated heterocycles. The van der Waals surface area contributed by atoms with E-state index >= 15 is 0 Å². The summed E-state index contributed by atoms with van der Waals surface area (Å²) >= 11 is 0. The molecular formula is C37H52N6O3S. The summed E-state index contributed by atoms with van der Waals surface area (Å²) < 4.78 is 29.4. The van der Waals surface area contributed by atoms with Gasteiger partial charge in [0.05, 0.1) is 5.56 Å². The molecule has 4 bridgehead atoms. The molecule has 47 heavy (non-hydrogen) atoms. The lowest BCUT2D eigenvalue weighted by Gasteiger charge is -2.34. The number of rotatable bonds is 4. The van der Waals surface area contributed by atoms with Gasteiger partial charge in [0.15, 0.2) is 5.03 Å². The molecule has 5 heterocycles. The number of carbonyl (C=O) groups excluding carboxylic acids is 1. The second-order valence-electron chi connectivity index (χ2n) is 16.5. The first-order valence-electron chi connectivity index (χ1n) is 16.8. The first-order chi connectivity index (χ1) is 21.8. The number of nitrogens with zero attached hydrogens (tertiary/aromatic N) is 4. The Hall–Kier alpha value is -3.53. The smallest absolute Gasteiger partial charge is 0.281 e. The molecule has 2 N–H and O–H groups in total. The number of aryl methyl sites for hydroxylation is 1. The van der Waals surface area contributed by atoms with E-state index in [0.29, 0.717) is 36.4 Å². The van der Waals surface area contributed by atoms with Crippen molar-refractivity contribution in [3.8, 4) is 0 Å². The Morgan fingerprint density at radius 2 is 1.74 bits per heavy atom. The van der Waals surface area contributed by atoms with Crippen LogP contribution in [0.25, 0.3) is 0 Å². The van der Waals surface area contributed by atoms with Crippen molar-refractivity contribution < 1.29 is 13.2 Å². The topological polar surface area (TPSA) is 117 Å². The van der Waals surface area contributed by atoms with Crippen LogP contribution in [0.3, 0.4) is 0 Å². The van der Waals surface area contributed by atoms with Crippen molar-refractivity contribution in [2.24, 2.45) is 17.3 Å². The van der Waals surface area contributed by atoms with Gasteiger partial charge in [0.2, 0.25) is 0 Å². The first kappa shape index (κ1) is 34.8. The molecule has 0 spiro atoms. The van der Waals surface area contributed by atoms with Crippen LogP contribution in [-0.4, -0.2) is 47.4 Å². The van der Waals surface area contributed by atoms with Crippen LogP contribution in [0, 0.1) is 17.3 Å². The molecule has 3 aromatic heterocycles. The maximum absolute atomic E-state index is 13.7. The summed E-state index contributed by atoms with van der Waals surface area (Å²) in [5.41, 5.74) is 2.99. The lowest BCUT2D eigenvalue weighted by molar-refractivity contribution is 0.0981. The second kappa shape index (κ2) is 12.8. The lowest BCUT2D eigenvalue weighted by atomic mass is 9.83. The lowest BCUT2D eigenvalue weighted by Crippen LogP contribution is -2.41. The van der Waals surface area contributed by atoms with E-state index in [2.05, 4.69) is 94.4 Å². The number of aromatic nitrogens is 3. The van der Waals surface area contributed by atoms with Gasteiger partial charge in [-0.15, -0.1) is 0 Å². The average Bonchev–Trinajstić information content (AvgIpc) is 3.30. The number of pyridine rings is 3. The van der Waals surface area contributed by atoms with Gasteiger partial charge in [-0.3, -0.25) is 9.78 Å². The quantitative estimate of drug-likeness (QED) is 0.309. The highest BCUT2D eigenvalue weighted by Crippen LogP contribution is 2.42. The van der Waals surface area contributed by atoms with Crippen LogP contribution in [0.15, 0.2) is 53.7 Å². The Kier molecular flexibility index (Phi) is 9.49. The molecule has 2 aliphatic heterocycles. The fourth-order valence-corrected chi connectivity index (χ4v) is 7.65. The SMILES string of the molecule is C[C@H]1CC(Cc2ccc(CCC(C)(C)C)cn2)Nc2cccc(n2)S(=O)(=O)NC(=O)c2ccc(C(C)(C)C)nc2N2C[C@@H]1CC2(C)C. The molecule has 0 aliphatic carbocycles. The summed E-state index contributed by atoms with van der Waals surface area (Å²) in [6.07, 6.45) is 6.47. The van der Waals surface area contributed by atoms with Gasteiger partial charge < -0.3 is 10.2 Å². The maximum Gasteiger partial charge on any atom is 0.281 e. The van der Waals surface area contributed by atoms with Crippen LogP contribution in [-0.2, 0) is 28.3 Å². The largest absolute Gasteiger partial charge is 0.367 e. The number of hydrogen-bond donors (Lipinski definition) is 2.